The first-order valence-corrected chi connectivity index (χ1v) is 8.66. The van der Waals surface area contributed by atoms with Gasteiger partial charge in [-0.25, -0.2) is 13.4 Å². The van der Waals surface area contributed by atoms with Crippen LogP contribution in [0.1, 0.15) is 19.4 Å². The minimum atomic E-state index is -2.94. The second-order valence-corrected chi connectivity index (χ2v) is 6.82. The molecule has 0 unspecified atom stereocenters. The third-order valence-electron chi connectivity index (χ3n) is 2.75. The van der Waals surface area contributed by atoms with Crippen molar-refractivity contribution >= 4 is 15.8 Å². The molecule has 1 aromatic rings. The van der Waals surface area contributed by atoms with Crippen LogP contribution in [-0.2, 0) is 16.4 Å². The number of rotatable bonds is 7. The number of hydrogen-bond donors (Lipinski definition) is 2. The summed E-state index contributed by atoms with van der Waals surface area (Å²) in [5.41, 5.74) is 1.12. The van der Waals surface area contributed by atoms with E-state index in [-0.39, 0.29) is 11.5 Å². The van der Waals surface area contributed by atoms with Crippen LogP contribution in [-0.4, -0.2) is 39.0 Å². The SMILES string of the molecule is CCNC(=NCc1ccccc1)NCCS(=O)(=O)CC. The minimum absolute atomic E-state index is 0.124. The summed E-state index contributed by atoms with van der Waals surface area (Å²) in [5.74, 6) is 0.939. The quantitative estimate of drug-likeness (QED) is 0.585. The number of benzene rings is 1. The lowest BCUT2D eigenvalue weighted by Crippen LogP contribution is -2.39. The average molecular weight is 297 g/mol. The predicted octanol–water partition coefficient (Wildman–Crippen LogP) is 1.18. The zero-order valence-electron chi connectivity index (χ0n) is 12.1. The number of aliphatic imine (C=N–C) groups is 1. The van der Waals surface area contributed by atoms with Gasteiger partial charge in [-0.05, 0) is 12.5 Å². The number of sulfone groups is 1. The summed E-state index contributed by atoms with van der Waals surface area (Å²) in [6, 6.07) is 9.92. The monoisotopic (exact) mass is 297 g/mol. The van der Waals surface area contributed by atoms with Crippen molar-refractivity contribution in [3.05, 3.63) is 35.9 Å². The Morgan fingerprint density at radius 2 is 1.85 bits per heavy atom. The summed E-state index contributed by atoms with van der Waals surface area (Å²) in [6.07, 6.45) is 0. The molecule has 0 radical (unpaired) electrons. The second kappa shape index (κ2) is 8.58. The van der Waals surface area contributed by atoms with Gasteiger partial charge in [0.15, 0.2) is 15.8 Å². The highest BCUT2D eigenvalue weighted by atomic mass is 32.2. The number of nitrogens with one attached hydrogen (secondary N) is 2. The first-order chi connectivity index (χ1) is 9.57. The van der Waals surface area contributed by atoms with E-state index >= 15 is 0 Å². The van der Waals surface area contributed by atoms with Gasteiger partial charge in [0.1, 0.15) is 0 Å². The minimum Gasteiger partial charge on any atom is -0.357 e. The van der Waals surface area contributed by atoms with Gasteiger partial charge in [0.2, 0.25) is 0 Å². The van der Waals surface area contributed by atoms with Crippen molar-refractivity contribution in [2.45, 2.75) is 20.4 Å². The van der Waals surface area contributed by atoms with Gasteiger partial charge in [-0.2, -0.15) is 0 Å². The van der Waals surface area contributed by atoms with Crippen LogP contribution in [0, 0.1) is 0 Å². The molecular formula is C14H23N3O2S. The molecule has 0 amide bonds. The van der Waals surface area contributed by atoms with Crippen molar-refractivity contribution in [1.82, 2.24) is 10.6 Å². The highest BCUT2D eigenvalue weighted by Gasteiger charge is 2.07. The Kier molecular flexibility index (Phi) is 7.08. The van der Waals surface area contributed by atoms with Crippen molar-refractivity contribution in [2.75, 3.05) is 24.6 Å². The van der Waals surface area contributed by atoms with Crippen LogP contribution in [0.5, 0.6) is 0 Å². The van der Waals surface area contributed by atoms with Crippen molar-refractivity contribution in [3.63, 3.8) is 0 Å². The van der Waals surface area contributed by atoms with Gasteiger partial charge in [0.25, 0.3) is 0 Å². The fourth-order valence-corrected chi connectivity index (χ4v) is 2.27. The molecule has 0 spiro atoms. The van der Waals surface area contributed by atoms with Crippen LogP contribution in [0.15, 0.2) is 35.3 Å². The molecule has 1 aromatic carbocycles. The van der Waals surface area contributed by atoms with E-state index in [1.54, 1.807) is 6.92 Å². The molecule has 0 bridgehead atoms. The molecule has 0 fully saturated rings. The Morgan fingerprint density at radius 1 is 1.15 bits per heavy atom. The summed E-state index contributed by atoms with van der Waals surface area (Å²) in [7, 11) is -2.94. The fourth-order valence-electron chi connectivity index (χ4n) is 1.56. The van der Waals surface area contributed by atoms with Crippen molar-refractivity contribution in [2.24, 2.45) is 4.99 Å². The van der Waals surface area contributed by atoms with Gasteiger partial charge in [0.05, 0.1) is 12.3 Å². The largest absolute Gasteiger partial charge is 0.357 e. The maximum absolute atomic E-state index is 11.4. The van der Waals surface area contributed by atoms with E-state index in [0.717, 1.165) is 12.1 Å². The molecule has 0 saturated heterocycles. The lowest BCUT2D eigenvalue weighted by Gasteiger charge is -2.11. The molecule has 0 aliphatic carbocycles. The van der Waals surface area contributed by atoms with Crippen LogP contribution < -0.4 is 10.6 Å². The highest BCUT2D eigenvalue weighted by molar-refractivity contribution is 7.91. The third-order valence-corrected chi connectivity index (χ3v) is 4.46. The molecule has 2 N–H and O–H groups in total. The summed E-state index contributed by atoms with van der Waals surface area (Å²) >= 11 is 0. The van der Waals surface area contributed by atoms with Gasteiger partial charge in [0, 0.05) is 18.8 Å². The van der Waals surface area contributed by atoms with Gasteiger partial charge < -0.3 is 10.6 Å². The van der Waals surface area contributed by atoms with Crippen molar-refractivity contribution in [3.8, 4) is 0 Å². The van der Waals surface area contributed by atoms with Gasteiger partial charge in [-0.15, -0.1) is 0 Å². The van der Waals surface area contributed by atoms with Gasteiger partial charge in [-0.1, -0.05) is 37.3 Å². The van der Waals surface area contributed by atoms with Crippen LogP contribution in [0.4, 0.5) is 0 Å². The normalized spacial score (nSPS) is 12.2. The highest BCUT2D eigenvalue weighted by Crippen LogP contribution is 1.99. The van der Waals surface area contributed by atoms with E-state index in [9.17, 15) is 8.42 Å². The molecule has 0 aliphatic rings. The summed E-state index contributed by atoms with van der Waals surface area (Å²) in [6.45, 7) is 5.31. The Balaban J connectivity index is 2.51. The zero-order valence-corrected chi connectivity index (χ0v) is 12.9. The maximum atomic E-state index is 11.4. The molecule has 0 saturated carbocycles. The summed E-state index contributed by atoms with van der Waals surface area (Å²) < 4.78 is 22.8. The maximum Gasteiger partial charge on any atom is 0.191 e. The van der Waals surface area contributed by atoms with E-state index in [1.165, 1.54) is 0 Å². The smallest absolute Gasteiger partial charge is 0.191 e. The molecule has 1 rings (SSSR count). The van der Waals surface area contributed by atoms with E-state index in [2.05, 4.69) is 15.6 Å². The van der Waals surface area contributed by atoms with Gasteiger partial charge in [-0.3, -0.25) is 0 Å². The Labute approximate surface area is 121 Å². The van der Waals surface area contributed by atoms with E-state index in [1.807, 2.05) is 37.3 Å². The molecule has 6 heteroatoms. The molecule has 20 heavy (non-hydrogen) atoms. The fraction of sp³-hybridized carbons (Fsp3) is 0.500. The van der Waals surface area contributed by atoms with Crippen molar-refractivity contribution in [1.29, 1.82) is 0 Å². The Bertz CT molecular complexity index is 512. The molecule has 0 atom stereocenters. The Morgan fingerprint density at radius 3 is 2.45 bits per heavy atom. The number of hydrogen-bond acceptors (Lipinski definition) is 3. The van der Waals surface area contributed by atoms with Crippen LogP contribution >= 0.6 is 0 Å². The second-order valence-electron chi connectivity index (χ2n) is 4.34. The lowest BCUT2D eigenvalue weighted by molar-refractivity contribution is 0.595. The first-order valence-electron chi connectivity index (χ1n) is 6.84. The number of guanidine groups is 1. The van der Waals surface area contributed by atoms with Gasteiger partial charge >= 0.3 is 0 Å². The van der Waals surface area contributed by atoms with Crippen molar-refractivity contribution < 1.29 is 8.42 Å². The Hall–Kier alpha value is -1.56. The molecule has 112 valence electrons. The molecular weight excluding hydrogens is 274 g/mol. The lowest BCUT2D eigenvalue weighted by atomic mass is 10.2. The van der Waals surface area contributed by atoms with E-state index in [4.69, 9.17) is 0 Å². The number of nitrogens with zero attached hydrogens (tertiary/aromatic N) is 1. The molecule has 0 aliphatic heterocycles. The molecule has 0 aromatic heterocycles. The summed E-state index contributed by atoms with van der Waals surface area (Å²) in [4.78, 5) is 4.43. The van der Waals surface area contributed by atoms with E-state index in [0.29, 0.717) is 19.0 Å². The predicted molar refractivity (Wildman–Crippen MR) is 83.6 cm³/mol. The standard InChI is InChI=1S/C14H23N3O2S/c1-3-15-14(16-10-11-20(18,19)4-2)17-12-13-8-6-5-7-9-13/h5-9H,3-4,10-12H2,1-2H3,(H2,15,16,17). The zero-order chi connectivity index (χ0) is 14.8. The third kappa shape index (κ3) is 6.56. The first kappa shape index (κ1) is 16.5. The van der Waals surface area contributed by atoms with E-state index < -0.39 is 9.84 Å². The molecule has 0 heterocycles. The molecule has 5 nitrogen and oxygen atoms in total. The van der Waals surface area contributed by atoms with Crippen LogP contribution in [0.25, 0.3) is 0 Å². The topological polar surface area (TPSA) is 70.6 Å². The summed E-state index contributed by atoms with van der Waals surface area (Å²) in [5, 5.41) is 6.14. The van der Waals surface area contributed by atoms with Crippen LogP contribution in [0.3, 0.4) is 0 Å². The van der Waals surface area contributed by atoms with Crippen LogP contribution in [0.2, 0.25) is 0 Å². The average Bonchev–Trinajstić information content (AvgIpc) is 2.46.